The van der Waals surface area contributed by atoms with Gasteiger partial charge in [0.25, 0.3) is 5.91 Å². The predicted octanol–water partition coefficient (Wildman–Crippen LogP) is 5.47. The summed E-state index contributed by atoms with van der Waals surface area (Å²) in [6.07, 6.45) is 7.10. The quantitative estimate of drug-likeness (QED) is 0.339. The number of methoxy groups -OCH3 is 1. The third-order valence-corrected chi connectivity index (χ3v) is 6.19. The van der Waals surface area contributed by atoms with Crippen molar-refractivity contribution in [2.24, 2.45) is 4.99 Å². The second-order valence-corrected chi connectivity index (χ2v) is 8.81. The summed E-state index contributed by atoms with van der Waals surface area (Å²) < 4.78 is 12.2. The Morgan fingerprint density at radius 3 is 2.57 bits per heavy atom. The van der Waals surface area contributed by atoms with E-state index in [1.54, 1.807) is 12.0 Å². The number of thioether (sulfide) groups is 1. The highest BCUT2D eigenvalue weighted by Crippen LogP contribution is 2.38. The lowest BCUT2D eigenvalue weighted by atomic mass is 10.2. The minimum Gasteiger partial charge on any atom is -0.479 e. The summed E-state index contributed by atoms with van der Waals surface area (Å²) >= 11 is 8.34. The van der Waals surface area contributed by atoms with E-state index in [0.717, 1.165) is 20.2 Å². The molecule has 0 aromatic heterocycles. The number of hydrogen-bond donors (Lipinski definition) is 0. The summed E-state index contributed by atoms with van der Waals surface area (Å²) in [6.45, 7) is 1.02. The maximum absolute atomic E-state index is 13.0. The van der Waals surface area contributed by atoms with Crippen molar-refractivity contribution >= 4 is 66.5 Å². The molecule has 1 saturated heterocycles. The Kier molecular flexibility index (Phi) is 8.16. The molecule has 1 amide bonds. The fourth-order valence-electron chi connectivity index (χ4n) is 2.65. The number of hydrogen-bond acceptors (Lipinski definition) is 5. The number of rotatable bonds is 7. The minimum atomic E-state index is -0.105. The predicted molar refractivity (Wildman–Crippen MR) is 129 cm³/mol. The zero-order valence-corrected chi connectivity index (χ0v) is 20.1. The molecule has 5 nitrogen and oxygen atoms in total. The molecule has 2 aromatic rings. The first-order chi connectivity index (χ1) is 14.5. The molecule has 30 heavy (non-hydrogen) atoms. The topological polar surface area (TPSA) is 51.1 Å². The van der Waals surface area contributed by atoms with Crippen molar-refractivity contribution in [2.45, 2.75) is 0 Å². The number of amidine groups is 1. The van der Waals surface area contributed by atoms with Crippen LogP contribution in [0.5, 0.6) is 5.75 Å². The lowest BCUT2D eigenvalue weighted by Gasteiger charge is -2.14. The summed E-state index contributed by atoms with van der Waals surface area (Å²) in [5, 5.41) is 0.626. The van der Waals surface area contributed by atoms with Crippen molar-refractivity contribution in [3.63, 3.8) is 0 Å². The molecule has 1 aliphatic heterocycles. The lowest BCUT2D eigenvalue weighted by molar-refractivity contribution is -0.122. The number of amides is 1. The molecule has 0 spiro atoms. The van der Waals surface area contributed by atoms with E-state index in [0.29, 0.717) is 29.0 Å². The largest absolute Gasteiger partial charge is 0.479 e. The highest BCUT2D eigenvalue weighted by molar-refractivity contribution is 9.11. The summed E-state index contributed by atoms with van der Waals surface area (Å²) in [4.78, 5) is 19.9. The number of ether oxygens (including phenoxy) is 2. The van der Waals surface area contributed by atoms with E-state index in [2.05, 4.69) is 42.8 Å². The molecular formula is C22H18Br2N2O3S. The van der Waals surface area contributed by atoms with E-state index >= 15 is 0 Å². The van der Waals surface area contributed by atoms with Gasteiger partial charge < -0.3 is 9.47 Å². The summed E-state index contributed by atoms with van der Waals surface area (Å²) in [6, 6.07) is 13.3. The Bertz CT molecular complexity index is 1010. The van der Waals surface area contributed by atoms with Gasteiger partial charge in [0.05, 0.1) is 32.7 Å². The van der Waals surface area contributed by atoms with Gasteiger partial charge in [0, 0.05) is 7.11 Å². The van der Waals surface area contributed by atoms with Crippen LogP contribution in [0.25, 0.3) is 6.08 Å². The maximum Gasteiger partial charge on any atom is 0.266 e. The number of carbonyl (C=O) groups is 1. The Morgan fingerprint density at radius 2 is 1.93 bits per heavy atom. The van der Waals surface area contributed by atoms with Gasteiger partial charge in [-0.05, 0) is 79.5 Å². The van der Waals surface area contributed by atoms with Gasteiger partial charge in [-0.15, -0.1) is 6.42 Å². The highest BCUT2D eigenvalue weighted by Gasteiger charge is 2.33. The van der Waals surface area contributed by atoms with Gasteiger partial charge in [0.1, 0.15) is 12.4 Å². The smallest absolute Gasteiger partial charge is 0.266 e. The van der Waals surface area contributed by atoms with Gasteiger partial charge in [-0.25, -0.2) is 4.99 Å². The van der Waals surface area contributed by atoms with Crippen LogP contribution in [-0.2, 0) is 9.53 Å². The molecular weight excluding hydrogens is 532 g/mol. The van der Waals surface area contributed by atoms with E-state index in [1.165, 1.54) is 11.8 Å². The fourth-order valence-corrected chi connectivity index (χ4v) is 5.13. The molecule has 8 heteroatoms. The Balaban J connectivity index is 1.92. The van der Waals surface area contributed by atoms with Crippen LogP contribution in [0.15, 0.2) is 61.3 Å². The number of benzene rings is 2. The molecule has 0 radical (unpaired) electrons. The number of terminal acetylenes is 1. The SMILES string of the molecule is C#CCOc1c(Br)cc(/C=C2\SC(=Nc3ccccc3)N(CCOC)C2=O)cc1Br. The van der Waals surface area contributed by atoms with Crippen molar-refractivity contribution in [1.29, 1.82) is 0 Å². The van der Waals surface area contributed by atoms with Gasteiger partial charge in [-0.1, -0.05) is 24.1 Å². The number of aliphatic imine (C=N–C) groups is 1. The first-order valence-electron chi connectivity index (χ1n) is 8.93. The van der Waals surface area contributed by atoms with Gasteiger partial charge in [-0.2, -0.15) is 0 Å². The number of para-hydroxylation sites is 1. The second-order valence-electron chi connectivity index (χ2n) is 6.10. The number of nitrogens with zero attached hydrogens (tertiary/aromatic N) is 2. The van der Waals surface area contributed by atoms with Crippen LogP contribution in [-0.4, -0.2) is 42.8 Å². The summed E-state index contributed by atoms with van der Waals surface area (Å²) in [5.74, 6) is 2.96. The van der Waals surface area contributed by atoms with Gasteiger partial charge in [0.2, 0.25) is 0 Å². The molecule has 0 aliphatic carbocycles. The van der Waals surface area contributed by atoms with Crippen LogP contribution < -0.4 is 4.74 Å². The molecule has 0 unspecified atom stereocenters. The average Bonchev–Trinajstić information content (AvgIpc) is 3.01. The van der Waals surface area contributed by atoms with E-state index in [1.807, 2.05) is 48.5 Å². The van der Waals surface area contributed by atoms with Crippen molar-refractivity contribution < 1.29 is 14.3 Å². The monoisotopic (exact) mass is 548 g/mol. The second kappa shape index (κ2) is 10.8. The van der Waals surface area contributed by atoms with Crippen molar-refractivity contribution in [3.05, 3.63) is 61.9 Å². The Morgan fingerprint density at radius 1 is 1.23 bits per heavy atom. The maximum atomic E-state index is 13.0. The fraction of sp³-hybridized carbons (Fsp3) is 0.182. The zero-order chi connectivity index (χ0) is 21.5. The zero-order valence-electron chi connectivity index (χ0n) is 16.1. The van der Waals surface area contributed by atoms with E-state index < -0.39 is 0 Å². The summed E-state index contributed by atoms with van der Waals surface area (Å²) in [5.41, 5.74) is 1.63. The molecule has 0 saturated carbocycles. The number of halogens is 2. The van der Waals surface area contributed by atoms with Gasteiger partial charge in [0.15, 0.2) is 5.17 Å². The average molecular weight is 550 g/mol. The first-order valence-corrected chi connectivity index (χ1v) is 11.3. The Labute approximate surface area is 196 Å². The third kappa shape index (κ3) is 5.55. The molecule has 1 heterocycles. The van der Waals surface area contributed by atoms with E-state index in [4.69, 9.17) is 15.9 Å². The highest BCUT2D eigenvalue weighted by atomic mass is 79.9. The molecule has 3 rings (SSSR count). The van der Waals surface area contributed by atoms with Crippen LogP contribution >= 0.6 is 43.6 Å². The Hall–Kier alpha value is -2.05. The third-order valence-electron chi connectivity index (χ3n) is 4.01. The van der Waals surface area contributed by atoms with Crippen LogP contribution in [0.1, 0.15) is 5.56 Å². The molecule has 2 aromatic carbocycles. The number of carbonyl (C=O) groups excluding carboxylic acids is 1. The van der Waals surface area contributed by atoms with Gasteiger partial charge >= 0.3 is 0 Å². The molecule has 0 N–H and O–H groups in total. The van der Waals surface area contributed by atoms with Crippen LogP contribution in [0.4, 0.5) is 5.69 Å². The molecule has 0 atom stereocenters. The van der Waals surface area contributed by atoms with Crippen molar-refractivity contribution in [3.8, 4) is 18.1 Å². The molecule has 0 bridgehead atoms. The first kappa shape index (κ1) is 22.6. The van der Waals surface area contributed by atoms with Crippen molar-refractivity contribution in [1.82, 2.24) is 4.90 Å². The minimum absolute atomic E-state index is 0.105. The van der Waals surface area contributed by atoms with E-state index in [9.17, 15) is 4.79 Å². The van der Waals surface area contributed by atoms with Crippen LogP contribution in [0.3, 0.4) is 0 Å². The lowest BCUT2D eigenvalue weighted by Crippen LogP contribution is -2.32. The standard InChI is InChI=1S/C22H18Br2N2O3S/c1-3-10-29-20-17(23)12-15(13-18(20)24)14-19-21(27)26(9-11-28-2)22(30-19)25-16-7-5-4-6-8-16/h1,4-8,12-14H,9-11H2,2H3/b19-14-,25-22?. The van der Waals surface area contributed by atoms with Crippen LogP contribution in [0.2, 0.25) is 0 Å². The normalized spacial score (nSPS) is 16.3. The van der Waals surface area contributed by atoms with E-state index in [-0.39, 0.29) is 12.5 Å². The molecule has 154 valence electrons. The van der Waals surface area contributed by atoms with Gasteiger partial charge in [-0.3, -0.25) is 9.69 Å². The molecule has 1 fully saturated rings. The van der Waals surface area contributed by atoms with Crippen molar-refractivity contribution in [2.75, 3.05) is 26.9 Å². The summed E-state index contributed by atoms with van der Waals surface area (Å²) in [7, 11) is 1.61. The van der Waals surface area contributed by atoms with Crippen LogP contribution in [0, 0.1) is 12.3 Å². The molecule has 1 aliphatic rings.